The normalized spacial score (nSPS) is 19.3. The zero-order chi connectivity index (χ0) is 15.5. The molecule has 1 aliphatic carbocycles. The fraction of sp³-hybridized carbons (Fsp3) is 0.647. The molecule has 2 nitrogen and oxygen atoms in total. The van der Waals surface area contributed by atoms with Gasteiger partial charge in [-0.1, -0.05) is 38.8 Å². The Morgan fingerprint density at radius 3 is 2.05 bits per heavy atom. The van der Waals surface area contributed by atoms with Crippen LogP contribution in [-0.2, 0) is 5.54 Å². The standard InChI is InChI=1S/C17H25F2NO/c1-3-9-16(10-4-2)11-17(20,12-16)13-5-7-14(8-6-13)21-15(18)19/h5-8,15H,3-4,9-12,20H2,1-2H3. The van der Waals surface area contributed by atoms with Crippen molar-refractivity contribution in [2.45, 2.75) is 64.5 Å². The van der Waals surface area contributed by atoms with E-state index < -0.39 is 6.61 Å². The van der Waals surface area contributed by atoms with E-state index in [1.807, 2.05) is 12.1 Å². The minimum Gasteiger partial charge on any atom is -0.435 e. The first kappa shape index (κ1) is 16.2. The van der Waals surface area contributed by atoms with Gasteiger partial charge in [-0.15, -0.1) is 0 Å². The van der Waals surface area contributed by atoms with Gasteiger partial charge in [0.15, 0.2) is 0 Å². The number of halogens is 2. The molecule has 2 N–H and O–H groups in total. The summed E-state index contributed by atoms with van der Waals surface area (Å²) in [4.78, 5) is 0. The maximum atomic E-state index is 12.2. The monoisotopic (exact) mass is 297 g/mol. The molecule has 0 aliphatic heterocycles. The third kappa shape index (κ3) is 3.54. The Hall–Kier alpha value is -1.16. The van der Waals surface area contributed by atoms with Gasteiger partial charge in [-0.3, -0.25) is 0 Å². The number of alkyl halides is 2. The van der Waals surface area contributed by atoms with Crippen LogP contribution in [0.1, 0.15) is 57.9 Å². The van der Waals surface area contributed by atoms with E-state index in [0.29, 0.717) is 5.41 Å². The van der Waals surface area contributed by atoms with Gasteiger partial charge in [-0.25, -0.2) is 0 Å². The summed E-state index contributed by atoms with van der Waals surface area (Å²) in [5.74, 6) is 0.185. The lowest BCUT2D eigenvalue weighted by Gasteiger charge is -2.55. The van der Waals surface area contributed by atoms with Crippen LogP contribution in [0, 0.1) is 5.41 Å². The summed E-state index contributed by atoms with van der Waals surface area (Å²) < 4.78 is 28.7. The second kappa shape index (κ2) is 6.30. The van der Waals surface area contributed by atoms with E-state index in [2.05, 4.69) is 18.6 Å². The summed E-state index contributed by atoms with van der Waals surface area (Å²) in [6, 6.07) is 6.80. The quantitative estimate of drug-likeness (QED) is 0.783. The van der Waals surface area contributed by atoms with Crippen molar-refractivity contribution in [1.29, 1.82) is 0 Å². The van der Waals surface area contributed by atoms with Crippen LogP contribution in [-0.4, -0.2) is 6.61 Å². The molecule has 0 saturated heterocycles. The van der Waals surface area contributed by atoms with Crippen molar-refractivity contribution < 1.29 is 13.5 Å². The van der Waals surface area contributed by atoms with E-state index in [9.17, 15) is 8.78 Å². The van der Waals surface area contributed by atoms with E-state index in [1.165, 1.54) is 25.7 Å². The highest BCUT2D eigenvalue weighted by molar-refractivity contribution is 5.34. The van der Waals surface area contributed by atoms with Crippen LogP contribution >= 0.6 is 0 Å². The minimum atomic E-state index is -2.78. The molecule has 1 aromatic carbocycles. The predicted molar refractivity (Wildman–Crippen MR) is 80.4 cm³/mol. The number of nitrogens with two attached hydrogens (primary N) is 1. The molecule has 2 rings (SSSR count). The molecule has 0 bridgehead atoms. The van der Waals surface area contributed by atoms with Crippen LogP contribution in [0.5, 0.6) is 5.75 Å². The van der Waals surface area contributed by atoms with Gasteiger partial charge in [0, 0.05) is 5.54 Å². The third-order valence-electron chi connectivity index (χ3n) is 4.60. The molecule has 0 amide bonds. The van der Waals surface area contributed by atoms with Crippen molar-refractivity contribution in [3.63, 3.8) is 0 Å². The smallest absolute Gasteiger partial charge is 0.387 e. The highest BCUT2D eigenvalue weighted by Crippen LogP contribution is 2.57. The second-order valence-corrected chi connectivity index (χ2v) is 6.41. The molecular weight excluding hydrogens is 272 g/mol. The molecule has 0 radical (unpaired) electrons. The summed E-state index contributed by atoms with van der Waals surface area (Å²) in [5, 5.41) is 0. The molecule has 0 heterocycles. The van der Waals surface area contributed by atoms with Crippen LogP contribution in [0.2, 0.25) is 0 Å². The van der Waals surface area contributed by atoms with Crippen molar-refractivity contribution >= 4 is 0 Å². The van der Waals surface area contributed by atoms with Crippen molar-refractivity contribution in [2.75, 3.05) is 0 Å². The lowest BCUT2D eigenvalue weighted by molar-refractivity contribution is -0.0499. The third-order valence-corrected chi connectivity index (χ3v) is 4.60. The van der Waals surface area contributed by atoms with E-state index in [-0.39, 0.29) is 11.3 Å². The maximum absolute atomic E-state index is 12.2. The molecule has 4 heteroatoms. The van der Waals surface area contributed by atoms with Crippen molar-refractivity contribution in [3.05, 3.63) is 29.8 Å². The number of rotatable bonds is 7. The van der Waals surface area contributed by atoms with Gasteiger partial charge in [0.25, 0.3) is 0 Å². The molecule has 0 unspecified atom stereocenters. The summed E-state index contributed by atoms with van der Waals surface area (Å²) in [6.07, 6.45) is 6.75. The topological polar surface area (TPSA) is 35.2 Å². The van der Waals surface area contributed by atoms with Crippen LogP contribution in [0.4, 0.5) is 8.78 Å². The Labute approximate surface area is 125 Å². The Morgan fingerprint density at radius 1 is 1.10 bits per heavy atom. The Balaban J connectivity index is 2.05. The maximum Gasteiger partial charge on any atom is 0.387 e. The fourth-order valence-corrected chi connectivity index (χ4v) is 4.00. The molecule has 1 aliphatic rings. The number of hydrogen-bond donors (Lipinski definition) is 1. The SMILES string of the molecule is CCCC1(CCC)CC(N)(c2ccc(OC(F)F)cc2)C1. The summed E-state index contributed by atoms with van der Waals surface area (Å²) >= 11 is 0. The molecule has 1 saturated carbocycles. The van der Waals surface area contributed by atoms with Crippen molar-refractivity contribution in [2.24, 2.45) is 11.1 Å². The van der Waals surface area contributed by atoms with Crippen LogP contribution in [0.3, 0.4) is 0 Å². The number of ether oxygens (including phenoxy) is 1. The van der Waals surface area contributed by atoms with E-state index in [1.54, 1.807) is 12.1 Å². The van der Waals surface area contributed by atoms with Crippen LogP contribution in [0.15, 0.2) is 24.3 Å². The first-order valence-corrected chi connectivity index (χ1v) is 7.77. The van der Waals surface area contributed by atoms with Gasteiger partial charge in [-0.2, -0.15) is 8.78 Å². The van der Waals surface area contributed by atoms with Gasteiger partial charge < -0.3 is 10.5 Å². The van der Waals surface area contributed by atoms with Gasteiger partial charge in [0.1, 0.15) is 5.75 Å². The Morgan fingerprint density at radius 2 is 1.62 bits per heavy atom. The van der Waals surface area contributed by atoms with Crippen molar-refractivity contribution in [3.8, 4) is 5.75 Å². The Bertz CT molecular complexity index is 444. The predicted octanol–water partition coefficient (Wildman–Crippen LogP) is 4.82. The first-order valence-electron chi connectivity index (χ1n) is 7.77. The zero-order valence-electron chi connectivity index (χ0n) is 12.9. The van der Waals surface area contributed by atoms with Gasteiger partial charge in [0.2, 0.25) is 0 Å². The summed E-state index contributed by atoms with van der Waals surface area (Å²) in [6.45, 7) is 1.64. The molecule has 118 valence electrons. The molecule has 0 aromatic heterocycles. The highest BCUT2D eigenvalue weighted by Gasteiger charge is 2.51. The largest absolute Gasteiger partial charge is 0.435 e. The van der Waals surface area contributed by atoms with Crippen molar-refractivity contribution in [1.82, 2.24) is 0 Å². The lowest BCUT2D eigenvalue weighted by Crippen LogP contribution is -2.55. The number of benzene rings is 1. The van der Waals surface area contributed by atoms with Gasteiger partial charge in [-0.05, 0) is 48.8 Å². The molecular formula is C17H25F2NO. The van der Waals surface area contributed by atoms with Gasteiger partial charge in [0.05, 0.1) is 0 Å². The van der Waals surface area contributed by atoms with Crippen LogP contribution in [0.25, 0.3) is 0 Å². The summed E-state index contributed by atoms with van der Waals surface area (Å²) in [5.41, 5.74) is 7.60. The zero-order valence-corrected chi connectivity index (χ0v) is 12.9. The van der Waals surface area contributed by atoms with Gasteiger partial charge >= 0.3 is 6.61 Å². The van der Waals surface area contributed by atoms with E-state index >= 15 is 0 Å². The minimum absolute atomic E-state index is 0.185. The molecule has 21 heavy (non-hydrogen) atoms. The fourth-order valence-electron chi connectivity index (χ4n) is 4.00. The average Bonchev–Trinajstić information content (AvgIpc) is 2.37. The lowest BCUT2D eigenvalue weighted by atomic mass is 9.52. The number of hydrogen-bond acceptors (Lipinski definition) is 2. The highest BCUT2D eigenvalue weighted by atomic mass is 19.3. The average molecular weight is 297 g/mol. The molecule has 1 fully saturated rings. The first-order chi connectivity index (χ1) is 9.93. The van der Waals surface area contributed by atoms with E-state index in [4.69, 9.17) is 5.73 Å². The summed E-state index contributed by atoms with van der Waals surface area (Å²) in [7, 11) is 0. The van der Waals surface area contributed by atoms with Crippen LogP contribution < -0.4 is 10.5 Å². The second-order valence-electron chi connectivity index (χ2n) is 6.41. The molecule has 0 spiro atoms. The molecule has 0 atom stereocenters. The Kier molecular flexibility index (Phi) is 4.87. The molecule has 1 aromatic rings. The van der Waals surface area contributed by atoms with E-state index in [0.717, 1.165) is 18.4 Å².